The van der Waals surface area contributed by atoms with Gasteiger partial charge in [0.15, 0.2) is 5.65 Å². The Bertz CT molecular complexity index is 885. The van der Waals surface area contributed by atoms with Gasteiger partial charge in [0, 0.05) is 6.20 Å². The standard InChI is InChI=1S/C16H13N3O3/c1-22-16(21)12-6-4-11(5-7-12)9-19-10-18-14-13(15(19)20)3-2-8-17-14/h2-8,10H,9H2,1H3. The molecular weight excluding hydrogens is 282 g/mol. The number of nitrogens with zero attached hydrogens (tertiary/aromatic N) is 3. The van der Waals surface area contributed by atoms with Crippen LogP contribution in [0.4, 0.5) is 0 Å². The predicted molar refractivity (Wildman–Crippen MR) is 80.7 cm³/mol. The molecule has 2 heterocycles. The number of methoxy groups -OCH3 is 1. The Labute approximate surface area is 126 Å². The zero-order chi connectivity index (χ0) is 15.5. The third-order valence-corrected chi connectivity index (χ3v) is 3.33. The maximum Gasteiger partial charge on any atom is 0.337 e. The van der Waals surface area contributed by atoms with E-state index in [1.807, 2.05) is 0 Å². The molecule has 3 rings (SSSR count). The lowest BCUT2D eigenvalue weighted by molar-refractivity contribution is 0.0600. The van der Waals surface area contributed by atoms with Gasteiger partial charge in [0.1, 0.15) is 6.33 Å². The van der Waals surface area contributed by atoms with Gasteiger partial charge in [-0.2, -0.15) is 0 Å². The van der Waals surface area contributed by atoms with Crippen molar-refractivity contribution >= 4 is 17.0 Å². The first-order valence-electron chi connectivity index (χ1n) is 6.66. The van der Waals surface area contributed by atoms with Crippen LogP contribution >= 0.6 is 0 Å². The van der Waals surface area contributed by atoms with E-state index < -0.39 is 0 Å². The predicted octanol–water partition coefficient (Wildman–Crippen LogP) is 1.63. The molecule has 0 spiro atoms. The van der Waals surface area contributed by atoms with Gasteiger partial charge in [-0.05, 0) is 29.8 Å². The van der Waals surface area contributed by atoms with Crippen molar-refractivity contribution in [3.8, 4) is 0 Å². The lowest BCUT2D eigenvalue weighted by Gasteiger charge is -2.07. The molecule has 2 aromatic heterocycles. The van der Waals surface area contributed by atoms with Gasteiger partial charge in [0.2, 0.25) is 0 Å². The molecule has 0 fully saturated rings. The number of fused-ring (bicyclic) bond motifs is 1. The van der Waals surface area contributed by atoms with E-state index in [0.29, 0.717) is 23.1 Å². The van der Waals surface area contributed by atoms with Gasteiger partial charge < -0.3 is 4.74 Å². The second-order valence-corrected chi connectivity index (χ2v) is 4.74. The van der Waals surface area contributed by atoms with Crippen molar-refractivity contribution < 1.29 is 9.53 Å². The molecule has 0 aliphatic rings. The van der Waals surface area contributed by atoms with Crippen LogP contribution in [0, 0.1) is 0 Å². The molecule has 0 atom stereocenters. The second-order valence-electron chi connectivity index (χ2n) is 4.74. The summed E-state index contributed by atoms with van der Waals surface area (Å²) in [5.74, 6) is -0.387. The van der Waals surface area contributed by atoms with Crippen molar-refractivity contribution in [2.45, 2.75) is 6.54 Å². The average Bonchev–Trinajstić information content (AvgIpc) is 2.57. The normalized spacial score (nSPS) is 10.6. The summed E-state index contributed by atoms with van der Waals surface area (Å²) in [6, 6.07) is 10.3. The topological polar surface area (TPSA) is 74.1 Å². The maximum absolute atomic E-state index is 12.4. The van der Waals surface area contributed by atoms with Gasteiger partial charge in [-0.25, -0.2) is 14.8 Å². The van der Waals surface area contributed by atoms with Crippen LogP contribution in [0.25, 0.3) is 11.0 Å². The number of hydrogen-bond donors (Lipinski definition) is 0. The second kappa shape index (κ2) is 5.77. The first kappa shape index (κ1) is 13.9. The maximum atomic E-state index is 12.4. The molecule has 0 amide bonds. The first-order valence-corrected chi connectivity index (χ1v) is 6.66. The molecule has 0 saturated heterocycles. The highest BCUT2D eigenvalue weighted by Crippen LogP contribution is 2.08. The number of pyridine rings is 1. The molecule has 110 valence electrons. The summed E-state index contributed by atoms with van der Waals surface area (Å²) < 4.78 is 6.16. The summed E-state index contributed by atoms with van der Waals surface area (Å²) >= 11 is 0. The van der Waals surface area contributed by atoms with Gasteiger partial charge in [0.05, 0.1) is 24.6 Å². The van der Waals surface area contributed by atoms with E-state index >= 15 is 0 Å². The van der Waals surface area contributed by atoms with Crippen molar-refractivity contribution in [1.29, 1.82) is 0 Å². The fourth-order valence-corrected chi connectivity index (χ4v) is 2.17. The number of carbonyl (C=O) groups is 1. The van der Waals surface area contributed by atoms with Gasteiger partial charge in [-0.15, -0.1) is 0 Å². The van der Waals surface area contributed by atoms with Crippen molar-refractivity contribution in [1.82, 2.24) is 14.5 Å². The Balaban J connectivity index is 1.92. The molecular formula is C16H13N3O3. The van der Waals surface area contributed by atoms with E-state index in [-0.39, 0.29) is 11.5 Å². The van der Waals surface area contributed by atoms with Gasteiger partial charge in [0.25, 0.3) is 5.56 Å². The highest BCUT2D eigenvalue weighted by Gasteiger charge is 2.07. The molecule has 0 unspecified atom stereocenters. The molecule has 0 radical (unpaired) electrons. The lowest BCUT2D eigenvalue weighted by Crippen LogP contribution is -2.21. The summed E-state index contributed by atoms with van der Waals surface area (Å²) in [7, 11) is 1.34. The molecule has 3 aromatic rings. The summed E-state index contributed by atoms with van der Waals surface area (Å²) in [6.45, 7) is 0.373. The van der Waals surface area contributed by atoms with E-state index in [1.165, 1.54) is 18.0 Å². The fourth-order valence-electron chi connectivity index (χ4n) is 2.17. The summed E-state index contributed by atoms with van der Waals surface area (Å²) in [5.41, 5.74) is 1.65. The third-order valence-electron chi connectivity index (χ3n) is 3.33. The molecule has 6 nitrogen and oxygen atoms in total. The molecule has 0 aliphatic heterocycles. The van der Waals surface area contributed by atoms with Crippen LogP contribution in [0.3, 0.4) is 0 Å². The number of benzene rings is 1. The van der Waals surface area contributed by atoms with E-state index in [1.54, 1.807) is 42.6 Å². The van der Waals surface area contributed by atoms with Crippen LogP contribution in [0.1, 0.15) is 15.9 Å². The summed E-state index contributed by atoms with van der Waals surface area (Å²) in [6.07, 6.45) is 3.08. The van der Waals surface area contributed by atoms with Gasteiger partial charge >= 0.3 is 5.97 Å². The quantitative estimate of drug-likeness (QED) is 0.687. The van der Waals surface area contributed by atoms with Crippen LogP contribution < -0.4 is 5.56 Å². The zero-order valence-corrected chi connectivity index (χ0v) is 11.9. The van der Waals surface area contributed by atoms with E-state index in [2.05, 4.69) is 14.7 Å². The smallest absolute Gasteiger partial charge is 0.337 e. The zero-order valence-electron chi connectivity index (χ0n) is 11.9. The highest BCUT2D eigenvalue weighted by atomic mass is 16.5. The molecule has 0 N–H and O–H groups in total. The van der Waals surface area contributed by atoms with E-state index in [4.69, 9.17) is 0 Å². The summed E-state index contributed by atoms with van der Waals surface area (Å²) in [5, 5.41) is 0.483. The summed E-state index contributed by atoms with van der Waals surface area (Å²) in [4.78, 5) is 32.0. The minimum atomic E-state index is -0.387. The largest absolute Gasteiger partial charge is 0.465 e. The Hall–Kier alpha value is -3.02. The third kappa shape index (κ3) is 2.58. The molecule has 0 bridgehead atoms. The fraction of sp³-hybridized carbons (Fsp3) is 0.125. The minimum Gasteiger partial charge on any atom is -0.465 e. The Morgan fingerprint density at radius 2 is 1.95 bits per heavy atom. The van der Waals surface area contributed by atoms with Crippen molar-refractivity contribution in [3.05, 3.63) is 70.4 Å². The molecule has 22 heavy (non-hydrogen) atoms. The first-order chi connectivity index (χ1) is 10.7. The molecule has 6 heteroatoms. The number of rotatable bonds is 3. The van der Waals surface area contributed by atoms with Crippen LogP contribution in [-0.2, 0) is 11.3 Å². The number of aromatic nitrogens is 3. The SMILES string of the molecule is COC(=O)c1ccc(Cn2cnc3ncccc3c2=O)cc1. The number of ether oxygens (including phenoxy) is 1. The van der Waals surface area contributed by atoms with Crippen molar-refractivity contribution in [3.63, 3.8) is 0 Å². The number of carbonyl (C=O) groups excluding carboxylic acids is 1. The van der Waals surface area contributed by atoms with Crippen LogP contribution in [0.15, 0.2) is 53.7 Å². The average molecular weight is 295 g/mol. The molecule has 1 aromatic carbocycles. The van der Waals surface area contributed by atoms with Crippen molar-refractivity contribution in [2.75, 3.05) is 7.11 Å². The van der Waals surface area contributed by atoms with Gasteiger partial charge in [-0.1, -0.05) is 12.1 Å². The monoisotopic (exact) mass is 295 g/mol. The number of hydrogen-bond acceptors (Lipinski definition) is 5. The highest BCUT2D eigenvalue weighted by molar-refractivity contribution is 5.89. The Kier molecular flexibility index (Phi) is 3.65. The lowest BCUT2D eigenvalue weighted by atomic mass is 10.1. The molecule has 0 aliphatic carbocycles. The van der Waals surface area contributed by atoms with Crippen molar-refractivity contribution in [2.24, 2.45) is 0 Å². The Morgan fingerprint density at radius 3 is 2.68 bits per heavy atom. The molecule has 0 saturated carbocycles. The van der Waals surface area contributed by atoms with Crippen LogP contribution in [0.2, 0.25) is 0 Å². The Morgan fingerprint density at radius 1 is 1.18 bits per heavy atom. The number of esters is 1. The van der Waals surface area contributed by atoms with Crippen LogP contribution in [0.5, 0.6) is 0 Å². The minimum absolute atomic E-state index is 0.143. The van der Waals surface area contributed by atoms with Crippen LogP contribution in [-0.4, -0.2) is 27.6 Å². The van der Waals surface area contributed by atoms with Gasteiger partial charge in [-0.3, -0.25) is 9.36 Å². The van der Waals surface area contributed by atoms with E-state index in [9.17, 15) is 9.59 Å². The van der Waals surface area contributed by atoms with E-state index in [0.717, 1.165) is 5.56 Å².